The zero-order valence-electron chi connectivity index (χ0n) is 16.9. The van der Waals surface area contributed by atoms with Crippen molar-refractivity contribution in [1.82, 2.24) is 9.62 Å². The Morgan fingerprint density at radius 1 is 0.968 bits per heavy atom. The number of carbonyl (C=O) groups excluding carboxylic acids is 2. The van der Waals surface area contributed by atoms with Crippen LogP contribution in [0.1, 0.15) is 34.6 Å². The summed E-state index contributed by atoms with van der Waals surface area (Å²) in [4.78, 5) is 24.7. The molecule has 7 nitrogen and oxygen atoms in total. The van der Waals surface area contributed by atoms with Gasteiger partial charge in [-0.1, -0.05) is 32.0 Å². The molecule has 0 aromatic heterocycles. The minimum Gasteiger partial charge on any atom is -0.343 e. The highest BCUT2D eigenvalue weighted by molar-refractivity contribution is 7.89. The maximum absolute atomic E-state index is 12.7. The highest BCUT2D eigenvalue weighted by Gasteiger charge is 2.28. The van der Waals surface area contributed by atoms with Crippen LogP contribution in [0.3, 0.4) is 0 Å². The number of halogens is 3. The van der Waals surface area contributed by atoms with Crippen LogP contribution >= 0.6 is 0 Å². The van der Waals surface area contributed by atoms with Crippen molar-refractivity contribution in [1.29, 1.82) is 0 Å². The highest BCUT2D eigenvalue weighted by atomic mass is 32.2. The van der Waals surface area contributed by atoms with Gasteiger partial charge >= 0.3 is 6.18 Å². The third kappa shape index (κ3) is 6.28. The molecule has 2 aromatic rings. The average Bonchev–Trinajstić information content (AvgIpc) is 2.72. The number of benzene rings is 2. The monoisotopic (exact) mass is 457 g/mol. The fourth-order valence-electron chi connectivity index (χ4n) is 2.77. The second-order valence-electron chi connectivity index (χ2n) is 6.41. The molecule has 0 fully saturated rings. The summed E-state index contributed by atoms with van der Waals surface area (Å²) in [7, 11) is -3.79. The SMILES string of the molecule is CCN(CC)S(=O)(=O)c1cccc(C(=O)Nc2ccccc2C(=O)NCC(F)(F)F)c1. The van der Waals surface area contributed by atoms with E-state index in [1.807, 2.05) is 0 Å². The van der Waals surface area contributed by atoms with Crippen molar-refractivity contribution in [3.05, 3.63) is 59.7 Å². The second-order valence-corrected chi connectivity index (χ2v) is 8.35. The molecule has 11 heteroatoms. The first-order valence-corrected chi connectivity index (χ1v) is 10.8. The van der Waals surface area contributed by atoms with E-state index >= 15 is 0 Å². The van der Waals surface area contributed by atoms with Crippen molar-refractivity contribution in [3.8, 4) is 0 Å². The van der Waals surface area contributed by atoms with Gasteiger partial charge in [0.2, 0.25) is 10.0 Å². The highest BCUT2D eigenvalue weighted by Crippen LogP contribution is 2.20. The first-order chi connectivity index (χ1) is 14.5. The van der Waals surface area contributed by atoms with Crippen LogP contribution in [0.4, 0.5) is 18.9 Å². The molecule has 2 rings (SSSR count). The van der Waals surface area contributed by atoms with E-state index in [0.29, 0.717) is 0 Å². The molecule has 0 radical (unpaired) electrons. The van der Waals surface area contributed by atoms with Gasteiger partial charge in [0, 0.05) is 18.7 Å². The van der Waals surface area contributed by atoms with Gasteiger partial charge in [0.25, 0.3) is 11.8 Å². The fourth-order valence-corrected chi connectivity index (χ4v) is 4.28. The van der Waals surface area contributed by atoms with Crippen LogP contribution in [0.5, 0.6) is 0 Å². The van der Waals surface area contributed by atoms with Crippen molar-refractivity contribution in [2.75, 3.05) is 25.0 Å². The lowest BCUT2D eigenvalue weighted by atomic mass is 10.1. The molecule has 0 saturated heterocycles. The Morgan fingerprint density at radius 3 is 2.23 bits per heavy atom. The van der Waals surface area contributed by atoms with Gasteiger partial charge in [-0.2, -0.15) is 17.5 Å². The van der Waals surface area contributed by atoms with E-state index in [2.05, 4.69) is 5.32 Å². The molecule has 0 spiro atoms. The van der Waals surface area contributed by atoms with Crippen LogP contribution in [0.25, 0.3) is 0 Å². The van der Waals surface area contributed by atoms with Crippen LogP contribution in [0.15, 0.2) is 53.4 Å². The number of para-hydroxylation sites is 1. The number of nitrogens with zero attached hydrogens (tertiary/aromatic N) is 1. The third-order valence-corrected chi connectivity index (χ3v) is 6.35. The van der Waals surface area contributed by atoms with E-state index in [1.54, 1.807) is 19.2 Å². The van der Waals surface area contributed by atoms with Crippen LogP contribution in [-0.4, -0.2) is 50.3 Å². The number of hydrogen-bond donors (Lipinski definition) is 2. The van der Waals surface area contributed by atoms with Crippen LogP contribution in [0, 0.1) is 0 Å². The van der Waals surface area contributed by atoms with Gasteiger partial charge < -0.3 is 10.6 Å². The lowest BCUT2D eigenvalue weighted by Gasteiger charge is -2.18. The predicted octanol–water partition coefficient (Wildman–Crippen LogP) is 3.26. The van der Waals surface area contributed by atoms with Gasteiger partial charge in [0.05, 0.1) is 16.1 Å². The third-order valence-electron chi connectivity index (χ3n) is 4.31. The number of anilines is 1. The van der Waals surface area contributed by atoms with Gasteiger partial charge in [-0.3, -0.25) is 9.59 Å². The lowest BCUT2D eigenvalue weighted by molar-refractivity contribution is -0.123. The molecule has 2 aromatic carbocycles. The van der Waals surface area contributed by atoms with Crippen LogP contribution in [-0.2, 0) is 10.0 Å². The van der Waals surface area contributed by atoms with Crippen molar-refractivity contribution in [2.24, 2.45) is 0 Å². The van der Waals surface area contributed by atoms with Gasteiger partial charge in [-0.05, 0) is 30.3 Å². The Bertz CT molecular complexity index is 1050. The van der Waals surface area contributed by atoms with E-state index in [1.165, 1.54) is 52.8 Å². The van der Waals surface area contributed by atoms with Crippen molar-refractivity contribution >= 4 is 27.5 Å². The number of nitrogens with one attached hydrogen (secondary N) is 2. The smallest absolute Gasteiger partial charge is 0.343 e. The number of rotatable bonds is 8. The normalized spacial score (nSPS) is 11.9. The average molecular weight is 457 g/mol. The minimum absolute atomic E-state index is 0.0100. The summed E-state index contributed by atoms with van der Waals surface area (Å²) in [5.74, 6) is -1.72. The number of hydrogen-bond acceptors (Lipinski definition) is 4. The van der Waals surface area contributed by atoms with E-state index in [9.17, 15) is 31.2 Å². The summed E-state index contributed by atoms with van der Waals surface area (Å²) in [6.07, 6.45) is -4.58. The summed E-state index contributed by atoms with van der Waals surface area (Å²) in [6.45, 7) is 2.39. The molecule has 2 N–H and O–H groups in total. The Kier molecular flexibility index (Phi) is 7.80. The number of amides is 2. The van der Waals surface area contributed by atoms with Crippen LogP contribution < -0.4 is 10.6 Å². The molecule has 2 amide bonds. The fraction of sp³-hybridized carbons (Fsp3) is 0.300. The molecular weight excluding hydrogens is 435 g/mol. The second kappa shape index (κ2) is 9.92. The molecule has 0 bridgehead atoms. The summed E-state index contributed by atoms with van der Waals surface area (Å²) >= 11 is 0. The van der Waals surface area contributed by atoms with Crippen molar-refractivity contribution < 1.29 is 31.2 Å². The maximum Gasteiger partial charge on any atom is 0.405 e. The number of alkyl halides is 3. The molecular formula is C20H22F3N3O4S. The van der Waals surface area contributed by atoms with E-state index < -0.39 is 34.6 Å². The number of sulfonamides is 1. The van der Waals surface area contributed by atoms with E-state index in [0.717, 1.165) is 0 Å². The Morgan fingerprint density at radius 2 is 1.61 bits per heavy atom. The molecule has 0 saturated carbocycles. The first kappa shape index (κ1) is 24.4. The summed E-state index contributed by atoms with van der Waals surface area (Å²) in [5, 5.41) is 4.20. The van der Waals surface area contributed by atoms with Gasteiger partial charge in [0.15, 0.2) is 0 Å². The summed E-state index contributed by atoms with van der Waals surface area (Å²) in [6, 6.07) is 10.9. The first-order valence-electron chi connectivity index (χ1n) is 9.35. The van der Waals surface area contributed by atoms with Gasteiger partial charge in [0.1, 0.15) is 6.54 Å². The van der Waals surface area contributed by atoms with Crippen molar-refractivity contribution in [3.63, 3.8) is 0 Å². The van der Waals surface area contributed by atoms with Gasteiger partial charge in [-0.25, -0.2) is 8.42 Å². The Balaban J connectivity index is 2.27. The number of carbonyl (C=O) groups is 2. The zero-order chi connectivity index (χ0) is 23.2. The molecule has 0 aliphatic carbocycles. The molecule has 0 heterocycles. The predicted molar refractivity (Wildman–Crippen MR) is 109 cm³/mol. The topological polar surface area (TPSA) is 95.6 Å². The molecule has 0 atom stereocenters. The van der Waals surface area contributed by atoms with Crippen LogP contribution in [0.2, 0.25) is 0 Å². The zero-order valence-corrected chi connectivity index (χ0v) is 17.7. The molecule has 0 aliphatic rings. The molecule has 0 unspecified atom stereocenters. The lowest BCUT2D eigenvalue weighted by Crippen LogP contribution is -2.34. The Labute approximate surface area is 178 Å². The summed E-state index contributed by atoms with van der Waals surface area (Å²) < 4.78 is 63.7. The molecule has 168 valence electrons. The molecule has 0 aliphatic heterocycles. The van der Waals surface area contributed by atoms with Crippen molar-refractivity contribution in [2.45, 2.75) is 24.9 Å². The standard InChI is InChI=1S/C20H22F3N3O4S/c1-3-26(4-2)31(29,30)15-9-7-8-14(12-15)18(27)25-17-11-6-5-10-16(17)19(28)24-13-20(21,22)23/h5-12H,3-4,13H2,1-2H3,(H,24,28)(H,25,27). The summed E-state index contributed by atoms with van der Waals surface area (Å²) in [5.41, 5.74) is -0.157. The quantitative estimate of drug-likeness (QED) is 0.636. The van der Waals surface area contributed by atoms with Gasteiger partial charge in [-0.15, -0.1) is 0 Å². The molecule has 31 heavy (non-hydrogen) atoms. The Hall–Kier alpha value is -2.92. The van der Waals surface area contributed by atoms with E-state index in [-0.39, 0.29) is 34.8 Å². The maximum atomic E-state index is 12.7. The minimum atomic E-state index is -4.58. The van der Waals surface area contributed by atoms with E-state index in [4.69, 9.17) is 0 Å². The largest absolute Gasteiger partial charge is 0.405 e.